The first kappa shape index (κ1) is 17.4. The fourth-order valence-electron chi connectivity index (χ4n) is 3.34. The third kappa shape index (κ3) is 4.37. The quantitative estimate of drug-likeness (QED) is 0.753. The first-order chi connectivity index (χ1) is 12.0. The third-order valence-corrected chi connectivity index (χ3v) is 4.88. The van der Waals surface area contributed by atoms with Crippen LogP contribution >= 0.6 is 0 Å². The molecule has 0 spiro atoms. The number of benzene rings is 1. The van der Waals surface area contributed by atoms with Gasteiger partial charge in [0.15, 0.2) is 0 Å². The van der Waals surface area contributed by atoms with Crippen molar-refractivity contribution in [2.75, 3.05) is 0 Å². The van der Waals surface area contributed by atoms with Gasteiger partial charge in [0.1, 0.15) is 0 Å². The molecule has 1 aromatic heterocycles. The minimum Gasteiger partial charge on any atom is -0.393 e. The maximum atomic E-state index is 12.7. The fraction of sp³-hybridized carbons (Fsp3) is 0.400. The number of carbonyl (C=O) groups is 1. The predicted octanol–water partition coefficient (Wildman–Crippen LogP) is 2.05. The Kier molecular flexibility index (Phi) is 5.34. The number of carbonyl (C=O) groups excluding carboxylic acids is 1. The van der Waals surface area contributed by atoms with Gasteiger partial charge >= 0.3 is 0 Å². The van der Waals surface area contributed by atoms with Crippen molar-refractivity contribution in [3.05, 3.63) is 69.6 Å². The number of hydrogen-bond donors (Lipinski definition) is 3. The topological polar surface area (TPSA) is 82.2 Å². The lowest BCUT2D eigenvalue weighted by Crippen LogP contribution is -2.48. The van der Waals surface area contributed by atoms with Crippen molar-refractivity contribution in [2.45, 2.75) is 44.8 Å². The van der Waals surface area contributed by atoms with E-state index in [0.717, 1.165) is 11.3 Å². The third-order valence-electron chi connectivity index (χ3n) is 4.88. The Balaban J connectivity index is 1.76. The lowest BCUT2D eigenvalue weighted by atomic mass is 9.75. The molecule has 132 valence electrons. The lowest BCUT2D eigenvalue weighted by Gasteiger charge is -2.38. The molecule has 0 aliphatic heterocycles. The molecule has 25 heavy (non-hydrogen) atoms. The zero-order valence-electron chi connectivity index (χ0n) is 14.4. The van der Waals surface area contributed by atoms with Gasteiger partial charge in [-0.25, -0.2) is 0 Å². The smallest absolute Gasteiger partial charge is 0.251 e. The van der Waals surface area contributed by atoms with Crippen LogP contribution in [-0.2, 0) is 12.8 Å². The molecule has 5 heteroatoms. The van der Waals surface area contributed by atoms with Crippen LogP contribution < -0.4 is 10.9 Å². The van der Waals surface area contributed by atoms with Gasteiger partial charge in [-0.1, -0.05) is 37.3 Å². The molecule has 1 fully saturated rings. The van der Waals surface area contributed by atoms with E-state index in [9.17, 15) is 14.7 Å². The van der Waals surface area contributed by atoms with E-state index in [1.807, 2.05) is 37.3 Å². The highest BCUT2D eigenvalue weighted by molar-refractivity contribution is 5.94. The number of aliphatic hydroxyl groups is 1. The number of nitrogens with one attached hydrogen (secondary N) is 2. The van der Waals surface area contributed by atoms with Crippen LogP contribution in [0.5, 0.6) is 0 Å². The molecule has 2 aromatic rings. The van der Waals surface area contributed by atoms with Crippen LogP contribution in [-0.4, -0.2) is 28.1 Å². The Morgan fingerprint density at radius 1 is 1.28 bits per heavy atom. The van der Waals surface area contributed by atoms with E-state index < -0.39 is 0 Å². The maximum absolute atomic E-state index is 12.7. The molecule has 0 bridgehead atoms. The summed E-state index contributed by atoms with van der Waals surface area (Å²) in [5.74, 6) is 0.0231. The zero-order chi connectivity index (χ0) is 17.8. The van der Waals surface area contributed by atoms with Gasteiger partial charge in [-0.05, 0) is 43.2 Å². The molecular weight excluding hydrogens is 316 g/mol. The standard InChI is InChI=1S/C20H24N2O3/c1-2-16-9-15(12-19(24)21-16)20(25)22-18(14-10-17(23)11-14)8-13-6-4-3-5-7-13/h3-7,9,12,14,17-18,23H,2,8,10-11H2,1H3,(H,21,24)(H,22,25)/t14?,17?,18-/m1/s1. The van der Waals surface area contributed by atoms with Crippen molar-refractivity contribution >= 4 is 5.91 Å². The maximum Gasteiger partial charge on any atom is 0.251 e. The van der Waals surface area contributed by atoms with Gasteiger partial charge < -0.3 is 15.4 Å². The minimum atomic E-state index is -0.272. The van der Waals surface area contributed by atoms with Gasteiger partial charge in [-0.2, -0.15) is 0 Å². The highest BCUT2D eigenvalue weighted by Crippen LogP contribution is 2.31. The van der Waals surface area contributed by atoms with Crippen LogP contribution in [0.2, 0.25) is 0 Å². The Hall–Kier alpha value is -2.40. The van der Waals surface area contributed by atoms with Crippen LogP contribution in [0.4, 0.5) is 0 Å². The zero-order valence-corrected chi connectivity index (χ0v) is 14.4. The van der Waals surface area contributed by atoms with E-state index in [2.05, 4.69) is 10.3 Å². The molecule has 0 unspecified atom stereocenters. The van der Waals surface area contributed by atoms with Crippen molar-refractivity contribution < 1.29 is 9.90 Å². The lowest BCUT2D eigenvalue weighted by molar-refractivity contribution is 0.0239. The molecule has 1 atom stereocenters. The number of aromatic amines is 1. The van der Waals surface area contributed by atoms with Crippen molar-refractivity contribution in [3.8, 4) is 0 Å². The fourth-order valence-corrected chi connectivity index (χ4v) is 3.34. The summed E-state index contributed by atoms with van der Waals surface area (Å²) in [4.78, 5) is 27.1. The van der Waals surface area contributed by atoms with Crippen LogP contribution in [0.25, 0.3) is 0 Å². The largest absolute Gasteiger partial charge is 0.393 e. The number of H-pyrrole nitrogens is 1. The van der Waals surface area contributed by atoms with E-state index in [4.69, 9.17) is 0 Å². The minimum absolute atomic E-state index is 0.0531. The monoisotopic (exact) mass is 340 g/mol. The first-order valence-corrected chi connectivity index (χ1v) is 8.81. The van der Waals surface area contributed by atoms with E-state index in [-0.39, 0.29) is 29.5 Å². The van der Waals surface area contributed by atoms with Gasteiger partial charge in [0.2, 0.25) is 5.56 Å². The van der Waals surface area contributed by atoms with Crippen molar-refractivity contribution in [1.29, 1.82) is 0 Å². The Bertz CT molecular complexity index is 779. The highest BCUT2D eigenvalue weighted by Gasteiger charge is 2.34. The summed E-state index contributed by atoms with van der Waals surface area (Å²) < 4.78 is 0. The second kappa shape index (κ2) is 7.66. The van der Waals surface area contributed by atoms with Crippen LogP contribution in [0.3, 0.4) is 0 Å². The van der Waals surface area contributed by atoms with Gasteiger partial charge in [0.05, 0.1) is 6.10 Å². The number of hydrogen-bond acceptors (Lipinski definition) is 3. The van der Waals surface area contributed by atoms with Crippen molar-refractivity contribution in [1.82, 2.24) is 10.3 Å². The summed E-state index contributed by atoms with van der Waals surface area (Å²) in [6, 6.07) is 13.0. The summed E-state index contributed by atoms with van der Waals surface area (Å²) in [7, 11) is 0. The van der Waals surface area contributed by atoms with Crippen LogP contribution in [0.1, 0.15) is 41.4 Å². The van der Waals surface area contributed by atoms with Crippen molar-refractivity contribution in [3.63, 3.8) is 0 Å². The van der Waals surface area contributed by atoms with E-state index in [1.54, 1.807) is 6.07 Å². The summed E-state index contributed by atoms with van der Waals surface area (Å²) in [5.41, 5.74) is 2.02. The summed E-state index contributed by atoms with van der Waals surface area (Å²) in [6.07, 6.45) is 2.51. The molecule has 0 saturated heterocycles. The van der Waals surface area contributed by atoms with Crippen LogP contribution in [0, 0.1) is 5.92 Å². The van der Waals surface area contributed by atoms with Gasteiger partial charge in [0.25, 0.3) is 5.91 Å². The van der Waals surface area contributed by atoms with Gasteiger partial charge in [-0.15, -0.1) is 0 Å². The summed E-state index contributed by atoms with van der Waals surface area (Å²) in [5, 5.41) is 12.7. The van der Waals surface area contributed by atoms with E-state index in [0.29, 0.717) is 31.2 Å². The number of aromatic nitrogens is 1. The highest BCUT2D eigenvalue weighted by atomic mass is 16.3. The Morgan fingerprint density at radius 2 is 2.00 bits per heavy atom. The molecule has 1 amide bonds. The molecule has 1 heterocycles. The van der Waals surface area contributed by atoms with Gasteiger partial charge in [-0.3, -0.25) is 9.59 Å². The second-order valence-electron chi connectivity index (χ2n) is 6.77. The molecule has 5 nitrogen and oxygen atoms in total. The summed E-state index contributed by atoms with van der Waals surface area (Å²) in [6.45, 7) is 1.93. The average molecular weight is 340 g/mol. The van der Waals surface area contributed by atoms with E-state index in [1.165, 1.54) is 6.07 Å². The Labute approximate surface area is 147 Å². The van der Waals surface area contributed by atoms with Crippen LogP contribution in [0.15, 0.2) is 47.3 Å². The normalized spacial score (nSPS) is 20.6. The van der Waals surface area contributed by atoms with Gasteiger partial charge in [0, 0.05) is 23.4 Å². The molecule has 0 radical (unpaired) electrons. The first-order valence-electron chi connectivity index (χ1n) is 8.81. The number of amides is 1. The average Bonchev–Trinajstić information content (AvgIpc) is 2.58. The number of rotatable bonds is 6. The molecule has 1 aliphatic rings. The SMILES string of the molecule is CCc1cc(C(=O)N[C@H](Cc2ccccc2)C2CC(O)C2)cc(=O)[nH]1. The molecule has 3 N–H and O–H groups in total. The molecule has 1 aliphatic carbocycles. The molecule has 1 saturated carbocycles. The number of aryl methyl sites for hydroxylation is 1. The summed E-state index contributed by atoms with van der Waals surface area (Å²) >= 11 is 0. The second-order valence-corrected chi connectivity index (χ2v) is 6.77. The number of pyridine rings is 1. The molecule has 1 aromatic carbocycles. The molecule has 3 rings (SSSR count). The van der Waals surface area contributed by atoms with Crippen molar-refractivity contribution in [2.24, 2.45) is 5.92 Å². The van der Waals surface area contributed by atoms with E-state index >= 15 is 0 Å². The Morgan fingerprint density at radius 3 is 2.64 bits per heavy atom. The molecular formula is C20H24N2O3. The predicted molar refractivity (Wildman–Crippen MR) is 96.6 cm³/mol. The number of aliphatic hydroxyl groups excluding tert-OH is 1.